The Morgan fingerprint density at radius 1 is 1.00 bits per heavy atom. The first kappa shape index (κ1) is 14.6. The van der Waals surface area contributed by atoms with Crippen molar-refractivity contribution in [2.45, 2.75) is 17.9 Å². The van der Waals surface area contributed by atoms with E-state index >= 15 is 0 Å². The summed E-state index contributed by atoms with van der Waals surface area (Å²) in [6.07, 6.45) is 0. The van der Waals surface area contributed by atoms with E-state index in [0.717, 1.165) is 19.6 Å². The summed E-state index contributed by atoms with van der Waals surface area (Å²) >= 11 is 3.80. The predicted molar refractivity (Wildman–Crippen MR) is 85.9 cm³/mol. The number of hydrogen-bond donors (Lipinski definition) is 0. The van der Waals surface area contributed by atoms with E-state index in [9.17, 15) is 0 Å². The molecule has 0 N–H and O–H groups in total. The molecule has 2 aromatic carbocycles. The number of hydrogen-bond acceptors (Lipinski definition) is 1. The number of nitrogens with zero attached hydrogens (tertiary/aromatic N) is 1. The van der Waals surface area contributed by atoms with Crippen molar-refractivity contribution < 1.29 is 0 Å². The summed E-state index contributed by atoms with van der Waals surface area (Å²) in [5.74, 6) is 0. The zero-order valence-electron chi connectivity index (χ0n) is 10.6. The molecule has 1 atom stereocenters. The van der Waals surface area contributed by atoms with Crippen LogP contribution in [-0.4, -0.2) is 11.4 Å². The van der Waals surface area contributed by atoms with Gasteiger partial charge in [-0.05, 0) is 16.7 Å². The molecule has 1 aliphatic heterocycles. The summed E-state index contributed by atoms with van der Waals surface area (Å²) in [4.78, 5) is 2.95. The van der Waals surface area contributed by atoms with Gasteiger partial charge in [-0.3, -0.25) is 4.90 Å². The highest BCUT2D eigenvalue weighted by molar-refractivity contribution is 9.09. The molecule has 0 aliphatic carbocycles. The number of benzene rings is 2. The van der Waals surface area contributed by atoms with Crippen LogP contribution in [0.25, 0.3) is 0 Å². The van der Waals surface area contributed by atoms with Crippen molar-refractivity contribution in [1.29, 1.82) is 0 Å². The smallest absolute Gasteiger partial charge is 0.0525 e. The zero-order valence-corrected chi connectivity index (χ0v) is 13.0. The molecule has 19 heavy (non-hydrogen) atoms. The quantitative estimate of drug-likeness (QED) is 0.726. The lowest BCUT2D eigenvalue weighted by molar-refractivity contribution is 0.244. The fourth-order valence-electron chi connectivity index (χ4n) is 2.58. The fourth-order valence-corrected chi connectivity index (χ4v) is 3.43. The van der Waals surface area contributed by atoms with E-state index in [1.807, 2.05) is 0 Å². The highest BCUT2D eigenvalue weighted by Gasteiger charge is 2.22. The molecule has 3 rings (SSSR count). The van der Waals surface area contributed by atoms with Crippen LogP contribution < -0.4 is 0 Å². The first-order valence-corrected chi connectivity index (χ1v) is 7.22. The molecule has 1 unspecified atom stereocenters. The van der Waals surface area contributed by atoms with Gasteiger partial charge in [-0.15, -0.1) is 12.4 Å². The number of halogens is 2. The Bertz CT molecular complexity index is 529. The minimum atomic E-state index is 0. The molecule has 1 nitrogen and oxygen atoms in total. The molecule has 100 valence electrons. The maximum atomic E-state index is 3.80. The summed E-state index contributed by atoms with van der Waals surface area (Å²) in [5, 5.41) is 0. The monoisotopic (exact) mass is 337 g/mol. The van der Waals surface area contributed by atoms with Crippen LogP contribution in [0.15, 0.2) is 54.6 Å². The van der Waals surface area contributed by atoms with Gasteiger partial charge in [0.15, 0.2) is 0 Å². The van der Waals surface area contributed by atoms with Crippen LogP contribution in [-0.2, 0) is 13.1 Å². The summed E-state index contributed by atoms with van der Waals surface area (Å²) in [7, 11) is 0. The topological polar surface area (TPSA) is 3.24 Å². The van der Waals surface area contributed by atoms with Crippen molar-refractivity contribution in [1.82, 2.24) is 4.90 Å². The highest BCUT2D eigenvalue weighted by Crippen LogP contribution is 2.32. The second-order valence-electron chi connectivity index (χ2n) is 4.82. The van der Waals surface area contributed by atoms with Crippen LogP contribution in [0, 0.1) is 0 Å². The minimum absolute atomic E-state index is 0. The molecule has 0 bridgehead atoms. The van der Waals surface area contributed by atoms with Crippen molar-refractivity contribution in [3.05, 3.63) is 71.3 Å². The highest BCUT2D eigenvalue weighted by atomic mass is 79.9. The largest absolute Gasteiger partial charge is 0.293 e. The Kier molecular flexibility index (Phi) is 5.03. The van der Waals surface area contributed by atoms with E-state index in [1.165, 1.54) is 16.7 Å². The minimum Gasteiger partial charge on any atom is -0.293 e. The van der Waals surface area contributed by atoms with Gasteiger partial charge < -0.3 is 0 Å². The molecule has 1 aliphatic rings. The summed E-state index contributed by atoms with van der Waals surface area (Å²) in [5.41, 5.74) is 4.28. The van der Waals surface area contributed by atoms with Crippen LogP contribution in [0.5, 0.6) is 0 Å². The van der Waals surface area contributed by atoms with E-state index in [1.54, 1.807) is 0 Å². The van der Waals surface area contributed by atoms with Gasteiger partial charge in [0.1, 0.15) is 0 Å². The third-order valence-electron chi connectivity index (χ3n) is 3.45. The fraction of sp³-hybridized carbons (Fsp3) is 0.250. The summed E-state index contributed by atoms with van der Waals surface area (Å²) < 4.78 is 0. The Morgan fingerprint density at radius 3 is 2.47 bits per heavy atom. The van der Waals surface area contributed by atoms with Gasteiger partial charge in [-0.25, -0.2) is 0 Å². The Morgan fingerprint density at radius 2 is 1.68 bits per heavy atom. The zero-order chi connectivity index (χ0) is 12.4. The lowest BCUT2D eigenvalue weighted by Gasteiger charge is -2.32. The van der Waals surface area contributed by atoms with Crippen molar-refractivity contribution >= 4 is 28.3 Å². The van der Waals surface area contributed by atoms with E-state index in [-0.39, 0.29) is 12.4 Å². The molecule has 0 saturated carbocycles. The molecule has 1 heterocycles. The van der Waals surface area contributed by atoms with Crippen molar-refractivity contribution in [2.24, 2.45) is 0 Å². The summed E-state index contributed by atoms with van der Waals surface area (Å²) in [6, 6.07) is 19.4. The van der Waals surface area contributed by atoms with Crippen LogP contribution in [0.1, 0.15) is 21.5 Å². The normalized spacial score (nSPS) is 18.5. The van der Waals surface area contributed by atoms with Gasteiger partial charge in [0.2, 0.25) is 0 Å². The maximum absolute atomic E-state index is 3.80. The van der Waals surface area contributed by atoms with E-state index in [2.05, 4.69) is 75.4 Å². The molecule has 0 spiro atoms. The molecule has 0 aromatic heterocycles. The lowest BCUT2D eigenvalue weighted by Crippen LogP contribution is -2.31. The predicted octanol–water partition coefficient (Wildman–Crippen LogP) is 4.56. The van der Waals surface area contributed by atoms with E-state index in [4.69, 9.17) is 0 Å². The Labute approximate surface area is 129 Å². The van der Waals surface area contributed by atoms with Crippen molar-refractivity contribution in [3.8, 4) is 0 Å². The van der Waals surface area contributed by atoms with Crippen LogP contribution in [0.2, 0.25) is 0 Å². The van der Waals surface area contributed by atoms with Crippen LogP contribution in [0.4, 0.5) is 0 Å². The van der Waals surface area contributed by atoms with Gasteiger partial charge in [0.25, 0.3) is 0 Å². The van der Waals surface area contributed by atoms with Crippen LogP contribution >= 0.6 is 28.3 Å². The Balaban J connectivity index is 0.00000133. The van der Waals surface area contributed by atoms with Crippen molar-refractivity contribution in [2.75, 3.05) is 6.54 Å². The molecule has 3 heteroatoms. The first-order valence-electron chi connectivity index (χ1n) is 6.31. The van der Waals surface area contributed by atoms with E-state index < -0.39 is 0 Å². The molecule has 0 amide bonds. The third kappa shape index (κ3) is 3.38. The average molecular weight is 339 g/mol. The van der Waals surface area contributed by atoms with Gasteiger partial charge in [-0.1, -0.05) is 70.5 Å². The van der Waals surface area contributed by atoms with E-state index in [0.29, 0.717) is 4.83 Å². The lowest BCUT2D eigenvalue weighted by atomic mass is 9.99. The van der Waals surface area contributed by atoms with Crippen LogP contribution in [0.3, 0.4) is 0 Å². The molecular formula is C16H17BrClN. The molecule has 0 fully saturated rings. The SMILES string of the molecule is BrC1CN(Cc2ccccc2)Cc2ccccc21.Cl. The van der Waals surface area contributed by atoms with Crippen molar-refractivity contribution in [3.63, 3.8) is 0 Å². The number of rotatable bonds is 2. The second kappa shape index (κ2) is 6.56. The average Bonchev–Trinajstić information content (AvgIpc) is 2.40. The Hall–Kier alpha value is -0.830. The van der Waals surface area contributed by atoms with Gasteiger partial charge in [0, 0.05) is 19.6 Å². The molecular weight excluding hydrogens is 322 g/mol. The number of alkyl halides is 1. The molecule has 0 saturated heterocycles. The second-order valence-corrected chi connectivity index (χ2v) is 5.93. The van der Waals surface area contributed by atoms with Gasteiger partial charge >= 0.3 is 0 Å². The first-order chi connectivity index (χ1) is 8.83. The number of fused-ring (bicyclic) bond motifs is 1. The van der Waals surface area contributed by atoms with Gasteiger partial charge in [0.05, 0.1) is 4.83 Å². The maximum Gasteiger partial charge on any atom is 0.0525 e. The molecule has 0 radical (unpaired) electrons. The summed E-state index contributed by atoms with van der Waals surface area (Å²) in [6.45, 7) is 3.15. The van der Waals surface area contributed by atoms with Gasteiger partial charge in [-0.2, -0.15) is 0 Å². The molecule has 2 aromatic rings. The standard InChI is InChI=1S/C16H16BrN.ClH/c17-16-12-18(10-13-6-2-1-3-7-13)11-14-8-4-5-9-15(14)16;/h1-9,16H,10-12H2;1H. The third-order valence-corrected chi connectivity index (χ3v) is 4.24.